The first-order valence-electron chi connectivity index (χ1n) is 10.2. The normalized spacial score (nSPS) is 25.5. The average Bonchev–Trinajstić information content (AvgIpc) is 3.13. The molecule has 1 amide bonds. The van der Waals surface area contributed by atoms with Gasteiger partial charge in [0.15, 0.2) is 5.69 Å². The van der Waals surface area contributed by atoms with E-state index in [2.05, 4.69) is 15.3 Å². The molecule has 7 nitrogen and oxygen atoms in total. The summed E-state index contributed by atoms with van der Waals surface area (Å²) in [6.07, 6.45) is 3.29. The Labute approximate surface area is 169 Å². The highest BCUT2D eigenvalue weighted by Crippen LogP contribution is 2.52. The summed E-state index contributed by atoms with van der Waals surface area (Å²) in [5.41, 5.74) is 2.57. The predicted molar refractivity (Wildman–Crippen MR) is 109 cm³/mol. The second-order valence-electron chi connectivity index (χ2n) is 8.83. The lowest BCUT2D eigenvalue weighted by Gasteiger charge is -2.62. The zero-order chi connectivity index (χ0) is 20.3. The van der Waals surface area contributed by atoms with Crippen LogP contribution in [0, 0.1) is 18.3 Å². The summed E-state index contributed by atoms with van der Waals surface area (Å²) in [6.45, 7) is 6.65. The van der Waals surface area contributed by atoms with Crippen molar-refractivity contribution < 1.29 is 9.90 Å². The van der Waals surface area contributed by atoms with E-state index in [1.165, 1.54) is 0 Å². The molecule has 1 saturated heterocycles. The van der Waals surface area contributed by atoms with E-state index in [0.717, 1.165) is 35.1 Å². The molecule has 5 rings (SSSR count). The number of aliphatic hydroxyl groups is 1. The largest absolute Gasteiger partial charge is 0.392 e. The third kappa shape index (κ3) is 2.60. The molecule has 0 bridgehead atoms. The van der Waals surface area contributed by atoms with Crippen molar-refractivity contribution in [3.63, 3.8) is 0 Å². The molecule has 7 heteroatoms. The maximum absolute atomic E-state index is 13.4. The van der Waals surface area contributed by atoms with Crippen LogP contribution >= 0.6 is 0 Å². The van der Waals surface area contributed by atoms with E-state index >= 15 is 0 Å². The second-order valence-corrected chi connectivity index (χ2v) is 8.83. The van der Waals surface area contributed by atoms with Gasteiger partial charge >= 0.3 is 0 Å². The molecule has 3 aromatic rings. The first kappa shape index (κ1) is 18.2. The van der Waals surface area contributed by atoms with Gasteiger partial charge in [0.25, 0.3) is 5.91 Å². The van der Waals surface area contributed by atoms with E-state index in [-0.39, 0.29) is 29.4 Å². The molecule has 2 aromatic heterocycles. The SMILES string of the molecule is Cc1c(C(=O)N2CCC[C@@H]3[C@H](O)C(C)(C)[C@@H]32)nnn1-c1ccc2ncccc2c1. The van der Waals surface area contributed by atoms with Crippen molar-refractivity contribution >= 4 is 16.8 Å². The lowest BCUT2D eigenvalue weighted by Crippen LogP contribution is -2.71. The first-order valence-corrected chi connectivity index (χ1v) is 10.2. The van der Waals surface area contributed by atoms with Crippen molar-refractivity contribution in [1.29, 1.82) is 0 Å². The number of rotatable bonds is 2. The smallest absolute Gasteiger partial charge is 0.276 e. The van der Waals surface area contributed by atoms with Gasteiger partial charge in [0.05, 0.1) is 23.0 Å². The number of likely N-dealkylation sites (tertiary alicyclic amines) is 1. The Morgan fingerprint density at radius 1 is 1.28 bits per heavy atom. The topological polar surface area (TPSA) is 84.1 Å². The van der Waals surface area contributed by atoms with E-state index in [1.807, 2.05) is 56.0 Å². The Morgan fingerprint density at radius 3 is 2.93 bits per heavy atom. The average molecular weight is 391 g/mol. The summed E-state index contributed by atoms with van der Waals surface area (Å²) in [7, 11) is 0. The molecule has 1 aromatic carbocycles. The number of hydrogen-bond donors (Lipinski definition) is 1. The van der Waals surface area contributed by atoms with Crippen LogP contribution in [0.25, 0.3) is 16.6 Å². The van der Waals surface area contributed by atoms with Crippen molar-refractivity contribution in [1.82, 2.24) is 24.9 Å². The van der Waals surface area contributed by atoms with Crippen molar-refractivity contribution in [3.05, 3.63) is 47.9 Å². The van der Waals surface area contributed by atoms with Crippen molar-refractivity contribution in [2.45, 2.75) is 45.8 Å². The molecule has 29 heavy (non-hydrogen) atoms. The quantitative estimate of drug-likeness (QED) is 0.726. The van der Waals surface area contributed by atoms with Gasteiger partial charge < -0.3 is 10.0 Å². The van der Waals surface area contributed by atoms with E-state index in [0.29, 0.717) is 12.2 Å². The number of benzene rings is 1. The number of piperidine rings is 1. The van der Waals surface area contributed by atoms with Gasteiger partial charge in [0.1, 0.15) is 0 Å². The summed E-state index contributed by atoms with van der Waals surface area (Å²) < 4.78 is 1.71. The monoisotopic (exact) mass is 391 g/mol. The molecule has 0 radical (unpaired) electrons. The third-order valence-corrected chi connectivity index (χ3v) is 6.80. The number of hydrogen-bond acceptors (Lipinski definition) is 5. The van der Waals surface area contributed by atoms with E-state index in [4.69, 9.17) is 0 Å². The van der Waals surface area contributed by atoms with Gasteiger partial charge in [0, 0.05) is 35.5 Å². The fraction of sp³-hybridized carbons (Fsp3) is 0.455. The van der Waals surface area contributed by atoms with Gasteiger partial charge in [-0.25, -0.2) is 4.68 Å². The number of aliphatic hydroxyl groups excluding tert-OH is 1. The summed E-state index contributed by atoms with van der Waals surface area (Å²) >= 11 is 0. The molecule has 1 saturated carbocycles. The highest BCUT2D eigenvalue weighted by Gasteiger charge is 2.60. The number of aromatic nitrogens is 4. The standard InChI is InChI=1S/C22H25N5O2/c1-13-18(21(29)26-11-5-7-16-19(26)22(2,3)20(16)28)24-25-27(13)15-8-9-17-14(12-15)6-4-10-23-17/h4,6,8-10,12,16,19-20,28H,5,7,11H2,1-3H3/t16-,19+,20-/m0/s1. The highest BCUT2D eigenvalue weighted by atomic mass is 16.3. The molecule has 2 fully saturated rings. The van der Waals surface area contributed by atoms with E-state index in [1.54, 1.807) is 10.9 Å². The molecule has 2 aliphatic rings. The molecular weight excluding hydrogens is 366 g/mol. The van der Waals surface area contributed by atoms with Crippen LogP contribution < -0.4 is 0 Å². The second kappa shape index (κ2) is 6.35. The molecular formula is C22H25N5O2. The number of carbonyl (C=O) groups excluding carboxylic acids is 1. The van der Waals surface area contributed by atoms with Crippen LogP contribution in [0.1, 0.15) is 42.9 Å². The zero-order valence-corrected chi connectivity index (χ0v) is 16.9. The Hall–Kier alpha value is -2.80. The minimum atomic E-state index is -0.355. The van der Waals surface area contributed by atoms with Crippen LogP contribution in [0.4, 0.5) is 0 Å². The predicted octanol–water partition coefficient (Wildman–Crippen LogP) is 2.75. The number of nitrogens with zero attached hydrogens (tertiary/aromatic N) is 5. The summed E-state index contributed by atoms with van der Waals surface area (Å²) in [5.74, 6) is 0.0666. The van der Waals surface area contributed by atoms with Crippen molar-refractivity contribution in [3.8, 4) is 5.69 Å². The number of carbonyl (C=O) groups is 1. The zero-order valence-electron chi connectivity index (χ0n) is 16.9. The summed E-state index contributed by atoms with van der Waals surface area (Å²) in [4.78, 5) is 19.6. The Morgan fingerprint density at radius 2 is 2.10 bits per heavy atom. The van der Waals surface area contributed by atoms with Crippen LogP contribution in [-0.4, -0.2) is 54.6 Å². The molecule has 1 N–H and O–H groups in total. The molecule has 150 valence electrons. The molecule has 3 atom stereocenters. The van der Waals surface area contributed by atoms with Crippen LogP contribution in [0.2, 0.25) is 0 Å². The fourth-order valence-corrected chi connectivity index (χ4v) is 5.25. The lowest BCUT2D eigenvalue weighted by molar-refractivity contribution is -0.180. The number of pyridine rings is 1. The molecule has 3 heterocycles. The lowest BCUT2D eigenvalue weighted by atomic mass is 9.54. The van der Waals surface area contributed by atoms with E-state index in [9.17, 15) is 9.90 Å². The molecule has 0 spiro atoms. The Balaban J connectivity index is 1.48. The summed E-state index contributed by atoms with van der Waals surface area (Å²) in [6, 6.07) is 9.84. The number of fused-ring (bicyclic) bond motifs is 2. The molecule has 1 aliphatic carbocycles. The Kier molecular flexibility index (Phi) is 4.00. The van der Waals surface area contributed by atoms with Crippen LogP contribution in [0.15, 0.2) is 36.5 Å². The van der Waals surface area contributed by atoms with Gasteiger partial charge in [0.2, 0.25) is 0 Å². The Bertz CT molecular complexity index is 1110. The van der Waals surface area contributed by atoms with Crippen LogP contribution in [-0.2, 0) is 0 Å². The first-order chi connectivity index (χ1) is 13.9. The highest BCUT2D eigenvalue weighted by molar-refractivity contribution is 5.94. The minimum absolute atomic E-state index is 0.0510. The van der Waals surface area contributed by atoms with Gasteiger partial charge in [-0.3, -0.25) is 9.78 Å². The van der Waals surface area contributed by atoms with Gasteiger partial charge in [-0.1, -0.05) is 25.1 Å². The van der Waals surface area contributed by atoms with Gasteiger partial charge in [-0.2, -0.15) is 0 Å². The van der Waals surface area contributed by atoms with Crippen LogP contribution in [0.5, 0.6) is 0 Å². The van der Waals surface area contributed by atoms with Crippen molar-refractivity contribution in [2.75, 3.05) is 6.54 Å². The minimum Gasteiger partial charge on any atom is -0.392 e. The molecule has 0 unspecified atom stereocenters. The van der Waals surface area contributed by atoms with Crippen LogP contribution in [0.3, 0.4) is 0 Å². The molecule has 1 aliphatic heterocycles. The van der Waals surface area contributed by atoms with Gasteiger partial charge in [-0.05, 0) is 44.0 Å². The fourth-order valence-electron chi connectivity index (χ4n) is 5.25. The maximum atomic E-state index is 13.4. The maximum Gasteiger partial charge on any atom is 0.276 e. The third-order valence-electron chi connectivity index (χ3n) is 6.80. The van der Waals surface area contributed by atoms with Crippen molar-refractivity contribution in [2.24, 2.45) is 11.3 Å². The summed E-state index contributed by atoms with van der Waals surface area (Å²) in [5, 5.41) is 20.0. The number of amides is 1. The van der Waals surface area contributed by atoms with E-state index < -0.39 is 0 Å². The van der Waals surface area contributed by atoms with Gasteiger partial charge in [-0.15, -0.1) is 5.10 Å².